The molecule has 0 spiro atoms. The summed E-state index contributed by atoms with van der Waals surface area (Å²) in [7, 11) is 1.63. The lowest BCUT2D eigenvalue weighted by molar-refractivity contribution is -0.121. The highest BCUT2D eigenvalue weighted by atomic mass is 16.2. The number of aryl methyl sites for hydroxylation is 2. The molecule has 3 aromatic rings. The molecule has 31 heavy (non-hydrogen) atoms. The highest BCUT2D eigenvalue weighted by molar-refractivity contribution is 6.12. The van der Waals surface area contributed by atoms with Gasteiger partial charge in [0.05, 0.1) is 11.4 Å². The van der Waals surface area contributed by atoms with Gasteiger partial charge in [0, 0.05) is 48.2 Å². The summed E-state index contributed by atoms with van der Waals surface area (Å²) in [5.74, 6) is -0.204. The predicted molar refractivity (Wildman–Crippen MR) is 127 cm³/mol. The van der Waals surface area contributed by atoms with E-state index in [1.54, 1.807) is 11.9 Å². The minimum Gasteiger partial charge on any atom is -0.341 e. The molecule has 2 heterocycles. The van der Waals surface area contributed by atoms with Gasteiger partial charge in [-0.25, -0.2) is 4.79 Å². The summed E-state index contributed by atoms with van der Waals surface area (Å²) in [5, 5.41) is 8.28. The molecule has 1 aliphatic rings. The number of fused-ring (bicyclic) bond motifs is 3. The van der Waals surface area contributed by atoms with E-state index in [0.29, 0.717) is 19.1 Å². The van der Waals surface area contributed by atoms with Crippen LogP contribution in [0, 0.1) is 19.8 Å². The molecule has 1 fully saturated rings. The van der Waals surface area contributed by atoms with Crippen LogP contribution in [0.3, 0.4) is 0 Å². The van der Waals surface area contributed by atoms with Gasteiger partial charge in [-0.3, -0.25) is 4.79 Å². The molecule has 6 nitrogen and oxygen atoms in total. The number of piperidine rings is 1. The summed E-state index contributed by atoms with van der Waals surface area (Å²) in [6, 6.07) is 10.9. The van der Waals surface area contributed by atoms with E-state index >= 15 is 0 Å². The number of amides is 3. The van der Waals surface area contributed by atoms with E-state index in [2.05, 4.69) is 73.2 Å². The van der Waals surface area contributed by atoms with Crippen LogP contribution < -0.4 is 10.6 Å². The maximum atomic E-state index is 13.2. The van der Waals surface area contributed by atoms with Crippen LogP contribution in [0.15, 0.2) is 30.3 Å². The lowest BCUT2D eigenvalue weighted by Gasteiger charge is -2.32. The largest absolute Gasteiger partial charge is 0.341 e. The van der Waals surface area contributed by atoms with Gasteiger partial charge >= 0.3 is 6.03 Å². The Hall–Kier alpha value is -3.02. The summed E-state index contributed by atoms with van der Waals surface area (Å²) in [4.78, 5) is 26.9. The molecule has 0 radical (unpaired) electrons. The molecule has 1 unspecified atom stereocenters. The van der Waals surface area contributed by atoms with Crippen molar-refractivity contribution in [2.24, 2.45) is 5.92 Å². The zero-order chi connectivity index (χ0) is 22.3. The summed E-state index contributed by atoms with van der Waals surface area (Å²) < 4.78 is 2.37. The second kappa shape index (κ2) is 8.25. The number of hydrogen-bond acceptors (Lipinski definition) is 2. The smallest absolute Gasteiger partial charge is 0.317 e. The molecule has 1 atom stereocenters. The van der Waals surface area contributed by atoms with Gasteiger partial charge in [0.15, 0.2) is 0 Å². The van der Waals surface area contributed by atoms with Gasteiger partial charge in [0.1, 0.15) is 0 Å². The molecule has 1 aliphatic heterocycles. The second-order valence-corrected chi connectivity index (χ2v) is 8.90. The zero-order valence-electron chi connectivity index (χ0n) is 19.1. The van der Waals surface area contributed by atoms with Gasteiger partial charge in [-0.05, 0) is 63.8 Å². The normalized spacial score (nSPS) is 16.8. The monoisotopic (exact) mass is 420 g/mol. The van der Waals surface area contributed by atoms with E-state index in [1.807, 2.05) is 0 Å². The number of rotatable bonds is 3. The van der Waals surface area contributed by atoms with Crippen LogP contribution in [-0.2, 0) is 4.79 Å². The van der Waals surface area contributed by atoms with Crippen LogP contribution in [0.25, 0.3) is 21.8 Å². The zero-order valence-corrected chi connectivity index (χ0v) is 19.1. The number of para-hydroxylation sites is 1. The molecule has 2 aromatic carbocycles. The molecule has 6 heteroatoms. The molecule has 1 saturated heterocycles. The summed E-state index contributed by atoms with van der Waals surface area (Å²) >= 11 is 0. The first-order valence-electron chi connectivity index (χ1n) is 11.1. The molecule has 0 bridgehead atoms. The van der Waals surface area contributed by atoms with Crippen LogP contribution in [0.2, 0.25) is 0 Å². The number of benzene rings is 2. The van der Waals surface area contributed by atoms with Crippen molar-refractivity contribution in [3.05, 3.63) is 41.5 Å². The SMILES string of the molecule is CNC(=O)N1CCCC(C(=O)Nc2c(C)cc3c(c2C)c2ccccc2n3C(C)C)C1. The Kier molecular flexibility index (Phi) is 5.65. The fraction of sp³-hybridized carbons (Fsp3) is 0.440. The molecular weight excluding hydrogens is 388 g/mol. The quantitative estimate of drug-likeness (QED) is 0.627. The van der Waals surface area contributed by atoms with Crippen LogP contribution in [-0.4, -0.2) is 41.5 Å². The number of anilines is 1. The lowest BCUT2D eigenvalue weighted by atomic mass is 9.96. The van der Waals surface area contributed by atoms with E-state index in [0.717, 1.165) is 29.7 Å². The number of hydrogen-bond donors (Lipinski definition) is 2. The summed E-state index contributed by atoms with van der Waals surface area (Å²) in [6.07, 6.45) is 1.64. The van der Waals surface area contributed by atoms with Crippen molar-refractivity contribution in [1.29, 1.82) is 0 Å². The number of carbonyl (C=O) groups is 2. The standard InChI is InChI=1S/C25H32N4O2/c1-15(2)29-20-11-7-6-10-19(20)22-17(4)23(16(3)13-21(22)29)27-24(30)18-9-8-12-28(14-18)25(31)26-5/h6-7,10-11,13,15,18H,8-9,12,14H2,1-5H3,(H,26,31)(H,27,30). The van der Waals surface area contributed by atoms with Gasteiger partial charge in [-0.1, -0.05) is 18.2 Å². The van der Waals surface area contributed by atoms with Crippen LogP contribution in [0.1, 0.15) is 43.9 Å². The average molecular weight is 421 g/mol. The molecule has 0 aliphatic carbocycles. The average Bonchev–Trinajstić information content (AvgIpc) is 3.10. The Morgan fingerprint density at radius 2 is 1.87 bits per heavy atom. The van der Waals surface area contributed by atoms with Gasteiger partial charge in [-0.15, -0.1) is 0 Å². The Balaban J connectivity index is 1.73. The Labute approximate surface area is 183 Å². The molecule has 2 N–H and O–H groups in total. The second-order valence-electron chi connectivity index (χ2n) is 8.90. The Bertz CT molecular complexity index is 1160. The number of carbonyl (C=O) groups excluding carboxylic acids is 2. The van der Waals surface area contributed by atoms with Crippen molar-refractivity contribution in [1.82, 2.24) is 14.8 Å². The highest BCUT2D eigenvalue weighted by Gasteiger charge is 2.29. The van der Waals surface area contributed by atoms with Crippen LogP contribution in [0.4, 0.5) is 10.5 Å². The fourth-order valence-corrected chi connectivity index (χ4v) is 5.02. The van der Waals surface area contributed by atoms with Crippen molar-refractivity contribution >= 4 is 39.4 Å². The third kappa shape index (κ3) is 3.64. The van der Waals surface area contributed by atoms with Gasteiger partial charge in [0.25, 0.3) is 0 Å². The molecule has 0 saturated carbocycles. The minimum absolute atomic E-state index is 0.00764. The molecular formula is C25H32N4O2. The first-order chi connectivity index (χ1) is 14.8. The lowest BCUT2D eigenvalue weighted by Crippen LogP contribution is -2.47. The van der Waals surface area contributed by atoms with Crippen LogP contribution >= 0.6 is 0 Å². The molecule has 4 rings (SSSR count). The number of likely N-dealkylation sites (tertiary alicyclic amines) is 1. The molecule has 1 aromatic heterocycles. The minimum atomic E-state index is -0.197. The first-order valence-corrected chi connectivity index (χ1v) is 11.1. The molecule has 3 amide bonds. The first kappa shape index (κ1) is 21.2. The maximum absolute atomic E-state index is 13.2. The van der Waals surface area contributed by atoms with Crippen molar-refractivity contribution in [3.63, 3.8) is 0 Å². The third-order valence-electron chi connectivity index (χ3n) is 6.50. The highest BCUT2D eigenvalue weighted by Crippen LogP contribution is 2.38. The van der Waals surface area contributed by atoms with Crippen LogP contribution in [0.5, 0.6) is 0 Å². The third-order valence-corrected chi connectivity index (χ3v) is 6.50. The molecule has 164 valence electrons. The number of aromatic nitrogens is 1. The topological polar surface area (TPSA) is 66.4 Å². The van der Waals surface area contributed by atoms with Gasteiger partial charge < -0.3 is 20.1 Å². The summed E-state index contributed by atoms with van der Waals surface area (Å²) in [5.41, 5.74) is 5.46. The fourth-order valence-electron chi connectivity index (χ4n) is 5.02. The van der Waals surface area contributed by atoms with Crippen molar-refractivity contribution < 1.29 is 9.59 Å². The number of nitrogens with zero attached hydrogens (tertiary/aromatic N) is 2. The van der Waals surface area contributed by atoms with E-state index in [9.17, 15) is 9.59 Å². The van der Waals surface area contributed by atoms with E-state index in [4.69, 9.17) is 0 Å². The summed E-state index contributed by atoms with van der Waals surface area (Å²) in [6.45, 7) is 9.71. The van der Waals surface area contributed by atoms with Crippen molar-refractivity contribution in [3.8, 4) is 0 Å². The Morgan fingerprint density at radius 1 is 1.13 bits per heavy atom. The number of urea groups is 1. The van der Waals surface area contributed by atoms with E-state index < -0.39 is 0 Å². The van der Waals surface area contributed by atoms with Gasteiger partial charge in [-0.2, -0.15) is 0 Å². The Morgan fingerprint density at radius 3 is 2.58 bits per heavy atom. The van der Waals surface area contributed by atoms with Crippen molar-refractivity contribution in [2.45, 2.75) is 46.6 Å². The van der Waals surface area contributed by atoms with E-state index in [1.165, 1.54) is 21.8 Å². The van der Waals surface area contributed by atoms with Gasteiger partial charge in [0.2, 0.25) is 5.91 Å². The predicted octanol–water partition coefficient (Wildman–Crippen LogP) is 4.98. The van der Waals surface area contributed by atoms with E-state index in [-0.39, 0.29) is 17.9 Å². The van der Waals surface area contributed by atoms with Crippen molar-refractivity contribution in [2.75, 3.05) is 25.5 Å². The maximum Gasteiger partial charge on any atom is 0.317 e. The number of nitrogens with one attached hydrogen (secondary N) is 2.